The number of nitrogens with one attached hydrogen (secondary N) is 1. The minimum absolute atomic E-state index is 0.133. The van der Waals surface area contributed by atoms with Crippen molar-refractivity contribution in [3.63, 3.8) is 0 Å². The van der Waals surface area contributed by atoms with E-state index in [0.717, 1.165) is 0 Å². The Kier molecular flexibility index (Phi) is 8.44. The van der Waals surface area contributed by atoms with E-state index < -0.39 is 40.6 Å². The van der Waals surface area contributed by atoms with Gasteiger partial charge < -0.3 is 14.8 Å². The minimum Gasteiger partial charge on any atom is -0.468 e. The molecule has 1 heterocycles. The van der Waals surface area contributed by atoms with E-state index in [1.165, 1.54) is 32.4 Å². The molecular weight excluding hydrogens is 430 g/mol. The number of methoxy groups -OCH3 is 2. The van der Waals surface area contributed by atoms with Crippen molar-refractivity contribution in [3.05, 3.63) is 51.2 Å². The molecule has 0 fully saturated rings. The third-order valence-corrected chi connectivity index (χ3v) is 5.92. The number of esters is 2. The van der Waals surface area contributed by atoms with Gasteiger partial charge in [-0.25, -0.2) is 4.79 Å². The molecule has 1 aromatic rings. The van der Waals surface area contributed by atoms with Crippen molar-refractivity contribution in [2.45, 2.75) is 46.1 Å². The van der Waals surface area contributed by atoms with Crippen LogP contribution in [0, 0.1) is 22.0 Å². The van der Waals surface area contributed by atoms with Gasteiger partial charge in [0.1, 0.15) is 12.0 Å². The molecule has 0 bridgehead atoms. The summed E-state index contributed by atoms with van der Waals surface area (Å²) in [5.41, 5.74) is 1.10. The first-order valence-corrected chi connectivity index (χ1v) is 10.5. The van der Waals surface area contributed by atoms with Crippen LogP contribution in [0.4, 0.5) is 5.69 Å². The highest BCUT2D eigenvalue weighted by Crippen LogP contribution is 2.40. The van der Waals surface area contributed by atoms with Gasteiger partial charge in [-0.05, 0) is 25.3 Å². The van der Waals surface area contributed by atoms with Crippen LogP contribution in [-0.4, -0.2) is 48.7 Å². The lowest BCUT2D eigenvalue weighted by Crippen LogP contribution is -2.48. The van der Waals surface area contributed by atoms with Gasteiger partial charge in [-0.15, -0.1) is 0 Å². The normalized spacial score (nSPS) is 19.8. The molecule has 0 aliphatic carbocycles. The fourth-order valence-electron chi connectivity index (χ4n) is 3.97. The van der Waals surface area contributed by atoms with Crippen LogP contribution in [0.5, 0.6) is 0 Å². The highest BCUT2D eigenvalue weighted by atomic mass is 16.6. The second-order valence-corrected chi connectivity index (χ2v) is 7.94. The van der Waals surface area contributed by atoms with Gasteiger partial charge in [0.15, 0.2) is 0 Å². The van der Waals surface area contributed by atoms with Crippen molar-refractivity contribution in [2.75, 3.05) is 14.2 Å². The van der Waals surface area contributed by atoms with Crippen molar-refractivity contribution in [1.82, 2.24) is 5.32 Å². The lowest BCUT2D eigenvalue weighted by atomic mass is 9.75. The molecule has 1 aromatic carbocycles. The third kappa shape index (κ3) is 5.44. The number of benzene rings is 1. The Morgan fingerprint density at radius 2 is 1.88 bits per heavy atom. The van der Waals surface area contributed by atoms with Crippen molar-refractivity contribution in [2.24, 2.45) is 16.8 Å². The molecule has 10 heteroatoms. The predicted molar refractivity (Wildman–Crippen MR) is 121 cm³/mol. The van der Waals surface area contributed by atoms with E-state index in [1.807, 2.05) is 13.8 Å². The molecule has 0 aromatic heterocycles. The maximum absolute atomic E-state index is 13.5. The second kappa shape index (κ2) is 10.8. The number of hydrogen-bond donors (Lipinski definition) is 1. The Morgan fingerprint density at radius 1 is 1.21 bits per heavy atom. The SMILES string of the molecule is CC[C@H](C)[C@H](NC(=O)C1=C(C)N=C(C)C(C(=O)OC)[C@H]1c1cccc([N+](=O)[O-])c1)C(=O)OC. The van der Waals surface area contributed by atoms with E-state index >= 15 is 0 Å². The molecule has 0 saturated heterocycles. The molecule has 1 unspecified atom stereocenters. The maximum atomic E-state index is 13.5. The van der Waals surface area contributed by atoms with Crippen LogP contribution in [0.3, 0.4) is 0 Å². The Labute approximate surface area is 192 Å². The number of carbonyl (C=O) groups excluding carboxylic acids is 3. The van der Waals surface area contributed by atoms with Gasteiger partial charge in [-0.3, -0.25) is 24.7 Å². The topological polar surface area (TPSA) is 137 Å². The molecule has 178 valence electrons. The third-order valence-electron chi connectivity index (χ3n) is 5.92. The number of nitro groups is 1. The van der Waals surface area contributed by atoms with Gasteiger partial charge in [0.05, 0.1) is 19.1 Å². The van der Waals surface area contributed by atoms with Crippen molar-refractivity contribution in [3.8, 4) is 0 Å². The number of rotatable bonds is 8. The zero-order valence-electron chi connectivity index (χ0n) is 19.6. The van der Waals surface area contributed by atoms with E-state index in [-0.39, 0.29) is 17.2 Å². The number of nitrogens with zero attached hydrogens (tertiary/aromatic N) is 2. The van der Waals surface area contributed by atoms with E-state index in [1.54, 1.807) is 19.9 Å². The first-order chi connectivity index (χ1) is 15.6. The number of non-ortho nitro benzene ring substituents is 1. The summed E-state index contributed by atoms with van der Waals surface area (Å²) >= 11 is 0. The monoisotopic (exact) mass is 459 g/mol. The molecule has 33 heavy (non-hydrogen) atoms. The zero-order valence-corrected chi connectivity index (χ0v) is 19.6. The Balaban J connectivity index is 2.64. The quantitative estimate of drug-likeness (QED) is 0.358. The van der Waals surface area contributed by atoms with Crippen LogP contribution < -0.4 is 5.32 Å². The summed E-state index contributed by atoms with van der Waals surface area (Å²) in [5, 5.41) is 14.1. The summed E-state index contributed by atoms with van der Waals surface area (Å²) in [4.78, 5) is 53.7. The molecule has 1 N–H and O–H groups in total. The Hall–Kier alpha value is -3.56. The van der Waals surface area contributed by atoms with Crippen LogP contribution in [0.1, 0.15) is 45.6 Å². The number of ether oxygens (including phenoxy) is 2. The standard InChI is InChI=1S/C23H29N3O7/c1-7-12(2)20(23(29)33-6)25-21(27)17-13(3)24-14(4)18(22(28)32-5)19(17)15-9-8-10-16(11-15)26(30)31/h8-12,18-20H,7H2,1-6H3,(H,25,27)/t12-,18?,19-,20-/m0/s1. The molecule has 0 saturated carbocycles. The molecular formula is C23H29N3O7. The Morgan fingerprint density at radius 3 is 2.42 bits per heavy atom. The number of aliphatic imine (C=N–C) groups is 1. The van der Waals surface area contributed by atoms with Gasteiger partial charge in [0.25, 0.3) is 5.69 Å². The summed E-state index contributed by atoms with van der Waals surface area (Å²) in [6.07, 6.45) is 0.606. The van der Waals surface area contributed by atoms with Gasteiger partial charge in [0.2, 0.25) is 5.91 Å². The number of nitro benzene ring substituents is 1. The summed E-state index contributed by atoms with van der Waals surface area (Å²) in [5.74, 6) is -3.92. The van der Waals surface area contributed by atoms with Gasteiger partial charge in [0, 0.05) is 35.0 Å². The number of amides is 1. The zero-order chi connectivity index (χ0) is 24.9. The van der Waals surface area contributed by atoms with Crippen molar-refractivity contribution < 1.29 is 28.8 Å². The molecule has 4 atom stereocenters. The van der Waals surface area contributed by atoms with Crippen molar-refractivity contribution in [1.29, 1.82) is 0 Å². The fraction of sp³-hybridized carbons (Fsp3) is 0.478. The molecule has 1 aliphatic heterocycles. The van der Waals surface area contributed by atoms with Gasteiger partial charge in [-0.2, -0.15) is 0 Å². The molecule has 1 aliphatic rings. The molecule has 10 nitrogen and oxygen atoms in total. The molecule has 0 radical (unpaired) electrons. The van der Waals surface area contributed by atoms with Gasteiger partial charge >= 0.3 is 11.9 Å². The highest BCUT2D eigenvalue weighted by molar-refractivity contribution is 6.08. The van der Waals surface area contributed by atoms with Crippen LogP contribution >= 0.6 is 0 Å². The van der Waals surface area contributed by atoms with Crippen LogP contribution in [0.15, 0.2) is 40.5 Å². The summed E-state index contributed by atoms with van der Waals surface area (Å²) < 4.78 is 9.81. The summed E-state index contributed by atoms with van der Waals surface area (Å²) in [6, 6.07) is 4.84. The van der Waals surface area contributed by atoms with E-state index in [0.29, 0.717) is 23.4 Å². The first kappa shape index (κ1) is 25.7. The number of allylic oxidation sites excluding steroid dienone is 1. The predicted octanol–water partition coefficient (Wildman–Crippen LogP) is 2.92. The van der Waals surface area contributed by atoms with Crippen molar-refractivity contribution >= 4 is 29.2 Å². The second-order valence-electron chi connectivity index (χ2n) is 7.94. The van der Waals surface area contributed by atoms with E-state index in [9.17, 15) is 24.5 Å². The fourth-order valence-corrected chi connectivity index (χ4v) is 3.97. The average Bonchev–Trinajstić information content (AvgIpc) is 2.80. The largest absolute Gasteiger partial charge is 0.468 e. The summed E-state index contributed by atoms with van der Waals surface area (Å²) in [6.45, 7) is 6.94. The van der Waals surface area contributed by atoms with Crippen LogP contribution in [-0.2, 0) is 23.9 Å². The molecule has 0 spiro atoms. The van der Waals surface area contributed by atoms with Gasteiger partial charge in [-0.1, -0.05) is 32.4 Å². The Bertz CT molecular complexity index is 1020. The lowest BCUT2D eigenvalue weighted by Gasteiger charge is -2.32. The van der Waals surface area contributed by atoms with Crippen LogP contribution in [0.2, 0.25) is 0 Å². The van der Waals surface area contributed by atoms with E-state index in [2.05, 4.69) is 10.3 Å². The minimum atomic E-state index is -0.971. The number of hydrogen-bond acceptors (Lipinski definition) is 8. The lowest BCUT2D eigenvalue weighted by molar-refractivity contribution is -0.384. The number of carbonyl (C=O) groups is 3. The van der Waals surface area contributed by atoms with Crippen LogP contribution in [0.25, 0.3) is 0 Å². The highest BCUT2D eigenvalue weighted by Gasteiger charge is 2.43. The summed E-state index contributed by atoms with van der Waals surface area (Å²) in [7, 11) is 2.46. The average molecular weight is 459 g/mol. The van der Waals surface area contributed by atoms with E-state index in [4.69, 9.17) is 9.47 Å². The first-order valence-electron chi connectivity index (χ1n) is 10.5. The molecule has 1 amide bonds. The maximum Gasteiger partial charge on any atom is 0.328 e. The molecule has 2 rings (SSSR count). The smallest absolute Gasteiger partial charge is 0.328 e.